The van der Waals surface area contributed by atoms with Crippen LogP contribution in [0.25, 0.3) is 0 Å². The van der Waals surface area contributed by atoms with Crippen LogP contribution in [0.1, 0.15) is 40.5 Å². The summed E-state index contributed by atoms with van der Waals surface area (Å²) in [4.78, 5) is 0. The van der Waals surface area contributed by atoms with E-state index >= 15 is 0 Å². The average molecular weight is 270 g/mol. The molecule has 98 valence electrons. The van der Waals surface area contributed by atoms with Gasteiger partial charge in [0.15, 0.2) is 0 Å². The summed E-state index contributed by atoms with van der Waals surface area (Å²) in [5.74, 6) is 0.535. The van der Waals surface area contributed by atoms with E-state index in [1.807, 2.05) is 20.8 Å². The van der Waals surface area contributed by atoms with Gasteiger partial charge in [-0.15, -0.1) is 11.6 Å². The van der Waals surface area contributed by atoms with Gasteiger partial charge in [0, 0.05) is 19.0 Å². The van der Waals surface area contributed by atoms with E-state index in [0.717, 1.165) is 12.8 Å². The molecule has 0 spiro atoms. The van der Waals surface area contributed by atoms with E-state index in [0.29, 0.717) is 19.0 Å². The molecule has 0 heterocycles. The van der Waals surface area contributed by atoms with Crippen LogP contribution < -0.4 is 0 Å². The van der Waals surface area contributed by atoms with E-state index in [9.17, 15) is 8.42 Å². The van der Waals surface area contributed by atoms with Gasteiger partial charge in [-0.2, -0.15) is 0 Å². The van der Waals surface area contributed by atoms with Crippen LogP contribution in [0.15, 0.2) is 0 Å². The molecule has 0 atom stereocenters. The highest BCUT2D eigenvalue weighted by Crippen LogP contribution is 2.19. The minimum Gasteiger partial charge on any atom is -0.212 e. The first-order valence-electron chi connectivity index (χ1n) is 5.76. The van der Waals surface area contributed by atoms with Gasteiger partial charge in [-0.1, -0.05) is 34.1 Å². The standard InChI is InChI=1S/C11H24ClNO2S/c1-5-6-8-13(9-7-12)16(14,15)10-11(2,3)4/h5-10H2,1-4H3. The van der Waals surface area contributed by atoms with Crippen LogP contribution in [-0.2, 0) is 10.0 Å². The molecule has 0 aromatic rings. The van der Waals surface area contributed by atoms with Crippen molar-refractivity contribution in [3.63, 3.8) is 0 Å². The van der Waals surface area contributed by atoms with Gasteiger partial charge in [0.05, 0.1) is 5.75 Å². The molecule has 0 N–H and O–H groups in total. The molecular formula is C11H24ClNO2S. The van der Waals surface area contributed by atoms with Crippen LogP contribution >= 0.6 is 11.6 Å². The summed E-state index contributed by atoms with van der Waals surface area (Å²) in [5.41, 5.74) is -0.213. The molecule has 16 heavy (non-hydrogen) atoms. The van der Waals surface area contributed by atoms with Crippen molar-refractivity contribution in [3.05, 3.63) is 0 Å². The van der Waals surface area contributed by atoms with Crippen molar-refractivity contribution in [1.29, 1.82) is 0 Å². The summed E-state index contributed by atoms with van der Waals surface area (Å²) in [5, 5.41) is 0. The number of alkyl halides is 1. The summed E-state index contributed by atoms with van der Waals surface area (Å²) in [7, 11) is -3.17. The van der Waals surface area contributed by atoms with Gasteiger partial charge < -0.3 is 0 Å². The van der Waals surface area contributed by atoms with Crippen LogP contribution in [0.2, 0.25) is 0 Å². The third-order valence-electron chi connectivity index (χ3n) is 2.10. The van der Waals surface area contributed by atoms with E-state index in [2.05, 4.69) is 6.92 Å². The highest BCUT2D eigenvalue weighted by molar-refractivity contribution is 7.89. The summed E-state index contributed by atoms with van der Waals surface area (Å²) < 4.78 is 25.7. The Bertz CT molecular complexity index is 283. The Hall–Kier alpha value is 0.200. The smallest absolute Gasteiger partial charge is 0.212 e. The highest BCUT2D eigenvalue weighted by atomic mass is 35.5. The molecule has 0 amide bonds. The fraction of sp³-hybridized carbons (Fsp3) is 1.00. The second-order valence-electron chi connectivity index (χ2n) is 5.26. The summed E-state index contributed by atoms with van der Waals surface area (Å²) in [6.07, 6.45) is 1.88. The predicted octanol–water partition coefficient (Wildman–Crippen LogP) is 2.70. The van der Waals surface area contributed by atoms with E-state index < -0.39 is 10.0 Å². The molecule has 0 aromatic carbocycles. The fourth-order valence-electron chi connectivity index (χ4n) is 1.46. The quantitative estimate of drug-likeness (QED) is 0.667. The first-order chi connectivity index (χ1) is 7.23. The molecule has 0 aliphatic carbocycles. The van der Waals surface area contributed by atoms with Crippen LogP contribution in [-0.4, -0.2) is 37.4 Å². The van der Waals surface area contributed by atoms with E-state index in [1.165, 1.54) is 4.31 Å². The number of sulfonamides is 1. The van der Waals surface area contributed by atoms with Gasteiger partial charge in [0.25, 0.3) is 0 Å². The molecule has 0 aliphatic rings. The predicted molar refractivity (Wildman–Crippen MR) is 70.4 cm³/mol. The Morgan fingerprint density at radius 2 is 1.75 bits per heavy atom. The molecule has 0 fully saturated rings. The second-order valence-corrected chi connectivity index (χ2v) is 7.61. The Morgan fingerprint density at radius 1 is 1.19 bits per heavy atom. The maximum absolute atomic E-state index is 12.1. The normalized spacial score (nSPS) is 13.4. The Labute approximate surface area is 105 Å². The second kappa shape index (κ2) is 6.82. The van der Waals surface area contributed by atoms with Crippen molar-refractivity contribution in [1.82, 2.24) is 4.31 Å². The van der Waals surface area contributed by atoms with Gasteiger partial charge in [0.2, 0.25) is 10.0 Å². The maximum Gasteiger partial charge on any atom is 0.214 e. The lowest BCUT2D eigenvalue weighted by atomic mass is 10.0. The minimum absolute atomic E-state index is 0.181. The van der Waals surface area contributed by atoms with Crippen molar-refractivity contribution in [2.24, 2.45) is 5.41 Å². The third kappa shape index (κ3) is 6.71. The zero-order valence-electron chi connectivity index (χ0n) is 10.8. The van der Waals surface area contributed by atoms with E-state index in [1.54, 1.807) is 0 Å². The maximum atomic E-state index is 12.1. The molecular weight excluding hydrogens is 246 g/mol. The van der Waals surface area contributed by atoms with Crippen LogP contribution in [0.5, 0.6) is 0 Å². The summed E-state index contributed by atoms with van der Waals surface area (Å²) in [6, 6.07) is 0. The summed E-state index contributed by atoms with van der Waals surface area (Å²) in [6.45, 7) is 8.85. The zero-order chi connectivity index (χ0) is 12.8. The molecule has 0 rings (SSSR count). The average Bonchev–Trinajstić information content (AvgIpc) is 2.07. The molecule has 0 radical (unpaired) electrons. The lowest BCUT2D eigenvalue weighted by Gasteiger charge is -2.26. The monoisotopic (exact) mass is 269 g/mol. The van der Waals surface area contributed by atoms with Crippen LogP contribution in [0.4, 0.5) is 0 Å². The van der Waals surface area contributed by atoms with Gasteiger partial charge in [-0.05, 0) is 11.8 Å². The number of unbranched alkanes of at least 4 members (excludes halogenated alkanes) is 1. The summed E-state index contributed by atoms with van der Waals surface area (Å²) >= 11 is 5.65. The number of hydrogen-bond acceptors (Lipinski definition) is 2. The molecule has 0 unspecified atom stereocenters. The fourth-order valence-corrected chi connectivity index (χ4v) is 3.82. The SMILES string of the molecule is CCCCN(CCCl)S(=O)(=O)CC(C)(C)C. The van der Waals surface area contributed by atoms with Gasteiger partial charge >= 0.3 is 0 Å². The lowest BCUT2D eigenvalue weighted by molar-refractivity contribution is 0.394. The van der Waals surface area contributed by atoms with E-state index in [4.69, 9.17) is 11.6 Å². The van der Waals surface area contributed by atoms with Crippen molar-refractivity contribution >= 4 is 21.6 Å². The molecule has 0 saturated heterocycles. The molecule has 0 aromatic heterocycles. The third-order valence-corrected chi connectivity index (χ3v) is 4.66. The Balaban J connectivity index is 4.62. The van der Waals surface area contributed by atoms with Gasteiger partial charge in [-0.3, -0.25) is 0 Å². The molecule has 5 heteroatoms. The first kappa shape index (κ1) is 16.2. The molecule has 0 bridgehead atoms. The van der Waals surface area contributed by atoms with Crippen LogP contribution in [0, 0.1) is 5.41 Å². The van der Waals surface area contributed by atoms with Gasteiger partial charge in [0.1, 0.15) is 0 Å². The number of hydrogen-bond donors (Lipinski definition) is 0. The van der Waals surface area contributed by atoms with Crippen molar-refractivity contribution in [2.45, 2.75) is 40.5 Å². The molecule has 0 saturated carbocycles. The Kier molecular flexibility index (Phi) is 6.90. The molecule has 3 nitrogen and oxygen atoms in total. The number of nitrogens with zero attached hydrogens (tertiary/aromatic N) is 1. The van der Waals surface area contributed by atoms with Gasteiger partial charge in [-0.25, -0.2) is 12.7 Å². The zero-order valence-corrected chi connectivity index (χ0v) is 12.4. The van der Waals surface area contributed by atoms with Crippen molar-refractivity contribution in [2.75, 3.05) is 24.7 Å². The number of rotatable bonds is 7. The lowest BCUT2D eigenvalue weighted by Crippen LogP contribution is -2.38. The van der Waals surface area contributed by atoms with Crippen molar-refractivity contribution in [3.8, 4) is 0 Å². The van der Waals surface area contributed by atoms with Crippen LogP contribution in [0.3, 0.4) is 0 Å². The topological polar surface area (TPSA) is 37.4 Å². The first-order valence-corrected chi connectivity index (χ1v) is 7.91. The largest absolute Gasteiger partial charge is 0.214 e. The van der Waals surface area contributed by atoms with Crippen molar-refractivity contribution < 1.29 is 8.42 Å². The van der Waals surface area contributed by atoms with E-state index in [-0.39, 0.29) is 11.2 Å². The minimum atomic E-state index is -3.17. The highest BCUT2D eigenvalue weighted by Gasteiger charge is 2.27. The number of halogens is 1. The Morgan fingerprint density at radius 3 is 2.12 bits per heavy atom. The molecule has 0 aliphatic heterocycles.